The fourth-order valence-electron chi connectivity index (χ4n) is 3.08. The molecule has 0 aromatic heterocycles. The number of aromatic carboxylic acids is 1. The van der Waals surface area contributed by atoms with Crippen molar-refractivity contribution in [3.8, 4) is 0 Å². The summed E-state index contributed by atoms with van der Waals surface area (Å²) in [6.07, 6.45) is 4.31. The number of nitrogens with zero attached hydrogens (tertiary/aromatic N) is 1. The van der Waals surface area contributed by atoms with Gasteiger partial charge in [-0.2, -0.15) is 0 Å². The molecule has 112 valence electrons. The second-order valence-electron chi connectivity index (χ2n) is 5.62. The van der Waals surface area contributed by atoms with Gasteiger partial charge in [0.1, 0.15) is 0 Å². The highest BCUT2D eigenvalue weighted by Gasteiger charge is 2.26. The number of carboxylic acids is 1. The number of carbonyl (C=O) groups is 2. The Balaban J connectivity index is 1.77. The summed E-state index contributed by atoms with van der Waals surface area (Å²) in [5, 5.41) is 9.05. The first-order chi connectivity index (χ1) is 10.1. The Labute approximate surface area is 123 Å². The molecule has 21 heavy (non-hydrogen) atoms. The number of hydrogen-bond acceptors (Lipinski definition) is 3. The number of carboxylic acid groups (broad SMARTS) is 1. The van der Waals surface area contributed by atoms with E-state index in [1.807, 2.05) is 0 Å². The van der Waals surface area contributed by atoms with Gasteiger partial charge in [0.05, 0.1) is 11.7 Å². The van der Waals surface area contributed by atoms with Crippen molar-refractivity contribution in [2.45, 2.75) is 38.2 Å². The molecule has 0 spiro atoms. The van der Waals surface area contributed by atoms with E-state index >= 15 is 0 Å². The summed E-state index contributed by atoms with van der Waals surface area (Å²) in [6.45, 7) is 1.46. The van der Waals surface area contributed by atoms with E-state index in [1.54, 1.807) is 23.1 Å². The number of carbonyl (C=O) groups excluding carboxylic acids is 1. The Bertz CT molecular complexity index is 563. The molecule has 3 rings (SSSR count). The minimum absolute atomic E-state index is 0.114. The Morgan fingerprint density at radius 1 is 1.38 bits per heavy atom. The first-order valence-electron chi connectivity index (χ1n) is 7.43. The molecule has 1 unspecified atom stereocenters. The average molecular weight is 289 g/mol. The Morgan fingerprint density at radius 3 is 2.95 bits per heavy atom. The van der Waals surface area contributed by atoms with Gasteiger partial charge in [-0.3, -0.25) is 4.79 Å². The molecule has 1 saturated heterocycles. The van der Waals surface area contributed by atoms with Crippen molar-refractivity contribution in [2.75, 3.05) is 18.1 Å². The molecule has 1 atom stereocenters. The van der Waals surface area contributed by atoms with Gasteiger partial charge in [0, 0.05) is 25.3 Å². The number of hydrogen-bond donors (Lipinski definition) is 1. The molecular formula is C16H19NO4. The lowest BCUT2D eigenvalue weighted by Crippen LogP contribution is -2.37. The molecule has 0 bridgehead atoms. The lowest BCUT2D eigenvalue weighted by Gasteiger charge is -2.30. The van der Waals surface area contributed by atoms with Gasteiger partial charge >= 0.3 is 5.97 Å². The van der Waals surface area contributed by atoms with Crippen LogP contribution in [0.15, 0.2) is 18.2 Å². The third-order valence-corrected chi connectivity index (χ3v) is 4.23. The number of rotatable bonds is 4. The van der Waals surface area contributed by atoms with Crippen molar-refractivity contribution in [1.29, 1.82) is 0 Å². The molecule has 1 amide bonds. The minimum atomic E-state index is -0.930. The summed E-state index contributed by atoms with van der Waals surface area (Å²) in [7, 11) is 0. The predicted molar refractivity (Wildman–Crippen MR) is 77.7 cm³/mol. The van der Waals surface area contributed by atoms with Crippen LogP contribution >= 0.6 is 0 Å². The quantitative estimate of drug-likeness (QED) is 0.923. The van der Waals surface area contributed by atoms with Crippen molar-refractivity contribution in [2.24, 2.45) is 0 Å². The number of anilines is 1. The third-order valence-electron chi connectivity index (χ3n) is 4.23. The van der Waals surface area contributed by atoms with Gasteiger partial charge in [-0.05, 0) is 49.4 Å². The van der Waals surface area contributed by atoms with Crippen LogP contribution in [0.5, 0.6) is 0 Å². The number of benzene rings is 1. The van der Waals surface area contributed by atoms with Crippen molar-refractivity contribution in [3.63, 3.8) is 0 Å². The van der Waals surface area contributed by atoms with Gasteiger partial charge in [0.15, 0.2) is 0 Å². The van der Waals surface area contributed by atoms with Gasteiger partial charge in [0.2, 0.25) is 5.91 Å². The molecule has 1 aromatic rings. The summed E-state index contributed by atoms with van der Waals surface area (Å²) < 4.78 is 5.60. The zero-order valence-corrected chi connectivity index (χ0v) is 11.9. The minimum Gasteiger partial charge on any atom is -0.478 e. The maximum absolute atomic E-state index is 12.1. The number of aryl methyl sites for hydroxylation is 1. The first-order valence-corrected chi connectivity index (χ1v) is 7.43. The molecule has 0 saturated carbocycles. The van der Waals surface area contributed by atoms with Gasteiger partial charge in [-0.25, -0.2) is 4.79 Å². The number of ether oxygens (including phenoxy) is 1. The molecule has 1 aromatic carbocycles. The topological polar surface area (TPSA) is 66.8 Å². The highest BCUT2D eigenvalue weighted by molar-refractivity contribution is 5.97. The molecule has 5 heteroatoms. The van der Waals surface area contributed by atoms with E-state index in [2.05, 4.69) is 0 Å². The molecule has 0 radical (unpaired) electrons. The van der Waals surface area contributed by atoms with Crippen LogP contribution in [0.3, 0.4) is 0 Å². The van der Waals surface area contributed by atoms with Crippen LogP contribution in [0.1, 0.15) is 41.6 Å². The van der Waals surface area contributed by atoms with E-state index in [4.69, 9.17) is 9.84 Å². The van der Waals surface area contributed by atoms with Gasteiger partial charge in [0.25, 0.3) is 0 Å². The lowest BCUT2D eigenvalue weighted by atomic mass is 9.98. The van der Waals surface area contributed by atoms with Crippen molar-refractivity contribution in [3.05, 3.63) is 29.3 Å². The zero-order chi connectivity index (χ0) is 14.8. The molecule has 1 N–H and O–H groups in total. The maximum Gasteiger partial charge on any atom is 0.335 e. The van der Waals surface area contributed by atoms with Crippen LogP contribution in [-0.4, -0.2) is 36.2 Å². The standard InChI is InChI=1S/C16H19NO4/c18-15-6-4-11-10-12(16(19)20)3-5-14(11)17(15)8-7-13-2-1-9-21-13/h3,5,10,13H,1-2,4,6-9H2,(H,19,20). The number of amides is 1. The largest absolute Gasteiger partial charge is 0.478 e. The third kappa shape index (κ3) is 2.93. The van der Waals surface area contributed by atoms with Crippen LogP contribution in [0.4, 0.5) is 5.69 Å². The van der Waals surface area contributed by atoms with Crippen LogP contribution in [0, 0.1) is 0 Å². The average Bonchev–Trinajstić information content (AvgIpc) is 2.99. The Kier molecular flexibility index (Phi) is 3.92. The van der Waals surface area contributed by atoms with E-state index in [0.717, 1.165) is 37.1 Å². The van der Waals surface area contributed by atoms with Gasteiger partial charge in [-0.15, -0.1) is 0 Å². The Morgan fingerprint density at radius 2 is 2.24 bits per heavy atom. The van der Waals surface area contributed by atoms with E-state index in [0.29, 0.717) is 19.4 Å². The van der Waals surface area contributed by atoms with Crippen LogP contribution in [-0.2, 0) is 16.0 Å². The summed E-state index contributed by atoms with van der Waals surface area (Å²) in [4.78, 5) is 25.0. The number of fused-ring (bicyclic) bond motifs is 1. The molecule has 2 aliphatic heterocycles. The lowest BCUT2D eigenvalue weighted by molar-refractivity contribution is -0.119. The second-order valence-corrected chi connectivity index (χ2v) is 5.62. The van der Waals surface area contributed by atoms with Crippen LogP contribution in [0.25, 0.3) is 0 Å². The van der Waals surface area contributed by atoms with Crippen molar-refractivity contribution >= 4 is 17.6 Å². The fourth-order valence-corrected chi connectivity index (χ4v) is 3.08. The molecule has 0 aliphatic carbocycles. The van der Waals surface area contributed by atoms with Crippen LogP contribution < -0.4 is 4.90 Å². The van der Waals surface area contributed by atoms with Crippen molar-refractivity contribution in [1.82, 2.24) is 0 Å². The SMILES string of the molecule is O=C(O)c1ccc2c(c1)CCC(=O)N2CCC1CCCO1. The van der Waals surface area contributed by atoms with E-state index in [1.165, 1.54) is 0 Å². The summed E-state index contributed by atoms with van der Waals surface area (Å²) in [6, 6.07) is 5.01. The van der Waals surface area contributed by atoms with E-state index < -0.39 is 5.97 Å². The molecule has 2 heterocycles. The van der Waals surface area contributed by atoms with Gasteiger partial charge < -0.3 is 14.7 Å². The fraction of sp³-hybridized carbons (Fsp3) is 0.500. The molecule has 1 fully saturated rings. The highest BCUT2D eigenvalue weighted by atomic mass is 16.5. The van der Waals surface area contributed by atoms with Crippen molar-refractivity contribution < 1.29 is 19.4 Å². The van der Waals surface area contributed by atoms with Crippen LogP contribution in [0.2, 0.25) is 0 Å². The first kappa shape index (κ1) is 14.1. The Hall–Kier alpha value is -1.88. The smallest absolute Gasteiger partial charge is 0.335 e. The summed E-state index contributed by atoms with van der Waals surface area (Å²) >= 11 is 0. The second kappa shape index (κ2) is 5.85. The van der Waals surface area contributed by atoms with E-state index in [-0.39, 0.29) is 17.6 Å². The monoisotopic (exact) mass is 289 g/mol. The molecular weight excluding hydrogens is 270 g/mol. The summed E-state index contributed by atoms with van der Waals surface area (Å²) in [5.41, 5.74) is 2.08. The predicted octanol–water partition coefficient (Wildman–Crippen LogP) is 2.23. The normalized spacial score (nSPS) is 21.4. The van der Waals surface area contributed by atoms with E-state index in [9.17, 15) is 9.59 Å². The maximum atomic E-state index is 12.1. The summed E-state index contributed by atoms with van der Waals surface area (Å²) in [5.74, 6) is -0.816. The molecule has 2 aliphatic rings. The zero-order valence-electron chi connectivity index (χ0n) is 11.9. The molecule has 5 nitrogen and oxygen atoms in total. The van der Waals surface area contributed by atoms with Gasteiger partial charge in [-0.1, -0.05) is 0 Å². The highest BCUT2D eigenvalue weighted by Crippen LogP contribution is 2.29.